The maximum absolute atomic E-state index is 11.3. The molecule has 84 valence electrons. The van der Waals surface area contributed by atoms with Gasteiger partial charge in [-0.1, -0.05) is 31.2 Å². The van der Waals surface area contributed by atoms with Crippen LogP contribution in [-0.4, -0.2) is 11.9 Å². The summed E-state index contributed by atoms with van der Waals surface area (Å²) >= 11 is 0. The summed E-state index contributed by atoms with van der Waals surface area (Å²) < 4.78 is 0. The van der Waals surface area contributed by atoms with Crippen LogP contribution in [0, 0.1) is 0 Å². The van der Waals surface area contributed by atoms with Crippen molar-refractivity contribution in [2.45, 2.75) is 25.8 Å². The largest absolute Gasteiger partial charge is 0.370 e. The molecule has 0 saturated heterocycles. The van der Waals surface area contributed by atoms with Crippen molar-refractivity contribution in [2.75, 3.05) is 0 Å². The zero-order valence-corrected chi connectivity index (χ0v) is 9.23. The van der Waals surface area contributed by atoms with E-state index in [2.05, 4.69) is 29.4 Å². The fourth-order valence-electron chi connectivity index (χ4n) is 1.78. The van der Waals surface area contributed by atoms with Gasteiger partial charge in [-0.3, -0.25) is 10.1 Å². The molecule has 0 spiro atoms. The fourth-order valence-corrected chi connectivity index (χ4v) is 1.78. The SMILES string of the molecule is CCc1ccc(C2CC(=O)NC(N)=N2)cc1. The van der Waals surface area contributed by atoms with Gasteiger partial charge in [0.25, 0.3) is 0 Å². The van der Waals surface area contributed by atoms with Gasteiger partial charge in [0.1, 0.15) is 0 Å². The molecule has 3 N–H and O–H groups in total. The Labute approximate surface area is 94.6 Å². The molecule has 1 aliphatic rings. The normalized spacial score (nSPS) is 20.2. The summed E-state index contributed by atoms with van der Waals surface area (Å²) in [6.07, 6.45) is 1.38. The Balaban J connectivity index is 2.23. The van der Waals surface area contributed by atoms with E-state index in [1.54, 1.807) is 0 Å². The predicted molar refractivity (Wildman–Crippen MR) is 62.9 cm³/mol. The number of guanidine groups is 1. The number of nitrogens with zero attached hydrogens (tertiary/aromatic N) is 1. The van der Waals surface area contributed by atoms with Crippen molar-refractivity contribution in [1.29, 1.82) is 0 Å². The van der Waals surface area contributed by atoms with Crippen LogP contribution >= 0.6 is 0 Å². The second kappa shape index (κ2) is 4.35. The second-order valence-electron chi connectivity index (χ2n) is 3.88. The van der Waals surface area contributed by atoms with Gasteiger partial charge in [-0.25, -0.2) is 4.99 Å². The van der Waals surface area contributed by atoms with Crippen molar-refractivity contribution in [2.24, 2.45) is 10.7 Å². The molecule has 1 amide bonds. The molecule has 0 saturated carbocycles. The lowest BCUT2D eigenvalue weighted by atomic mass is 10.0. The molecule has 2 rings (SSSR count). The van der Waals surface area contributed by atoms with E-state index >= 15 is 0 Å². The first-order chi connectivity index (χ1) is 7.69. The van der Waals surface area contributed by atoms with Gasteiger partial charge in [0.2, 0.25) is 5.91 Å². The van der Waals surface area contributed by atoms with Crippen molar-refractivity contribution in [3.8, 4) is 0 Å². The van der Waals surface area contributed by atoms with Gasteiger partial charge in [0, 0.05) is 0 Å². The van der Waals surface area contributed by atoms with E-state index in [0.29, 0.717) is 6.42 Å². The second-order valence-corrected chi connectivity index (χ2v) is 3.88. The minimum absolute atomic E-state index is 0.0722. The van der Waals surface area contributed by atoms with Crippen LogP contribution in [0.1, 0.15) is 30.5 Å². The van der Waals surface area contributed by atoms with Gasteiger partial charge in [0.15, 0.2) is 5.96 Å². The lowest BCUT2D eigenvalue weighted by Gasteiger charge is -2.19. The number of rotatable bonds is 2. The first-order valence-corrected chi connectivity index (χ1v) is 5.41. The molecule has 4 nitrogen and oxygen atoms in total. The van der Waals surface area contributed by atoms with Crippen molar-refractivity contribution >= 4 is 11.9 Å². The maximum Gasteiger partial charge on any atom is 0.229 e. The molecule has 4 heteroatoms. The van der Waals surface area contributed by atoms with Gasteiger partial charge in [0.05, 0.1) is 12.5 Å². The highest BCUT2D eigenvalue weighted by atomic mass is 16.1. The van der Waals surface area contributed by atoms with Gasteiger partial charge in [-0.2, -0.15) is 0 Å². The lowest BCUT2D eigenvalue weighted by molar-refractivity contribution is -0.120. The summed E-state index contributed by atoms with van der Waals surface area (Å²) in [7, 11) is 0. The van der Waals surface area contributed by atoms with E-state index < -0.39 is 0 Å². The average molecular weight is 217 g/mol. The first-order valence-electron chi connectivity index (χ1n) is 5.41. The van der Waals surface area contributed by atoms with E-state index in [1.807, 2.05) is 12.1 Å². The summed E-state index contributed by atoms with van der Waals surface area (Å²) in [6.45, 7) is 2.11. The van der Waals surface area contributed by atoms with E-state index in [9.17, 15) is 4.79 Å². The number of aliphatic imine (C=N–C) groups is 1. The number of hydrogen-bond donors (Lipinski definition) is 2. The minimum atomic E-state index is -0.139. The Morgan fingerprint density at radius 1 is 1.44 bits per heavy atom. The monoisotopic (exact) mass is 217 g/mol. The summed E-state index contributed by atoms with van der Waals surface area (Å²) in [5, 5.41) is 2.49. The molecule has 1 heterocycles. The maximum atomic E-state index is 11.3. The standard InChI is InChI=1S/C12H15N3O/c1-2-8-3-5-9(6-4-8)10-7-11(16)15-12(13)14-10/h3-6,10H,2,7H2,1H3,(H3,13,14,15,16). The van der Waals surface area contributed by atoms with Gasteiger partial charge >= 0.3 is 0 Å². The average Bonchev–Trinajstić information content (AvgIpc) is 2.28. The molecular formula is C12H15N3O. The van der Waals surface area contributed by atoms with Gasteiger partial charge < -0.3 is 5.73 Å². The Hall–Kier alpha value is -1.84. The molecule has 1 aliphatic heterocycles. The van der Waals surface area contributed by atoms with Gasteiger partial charge in [-0.15, -0.1) is 0 Å². The Morgan fingerprint density at radius 3 is 2.69 bits per heavy atom. The van der Waals surface area contributed by atoms with E-state index in [1.165, 1.54) is 5.56 Å². The van der Waals surface area contributed by atoms with Crippen LogP contribution in [0.2, 0.25) is 0 Å². The van der Waals surface area contributed by atoms with Gasteiger partial charge in [-0.05, 0) is 17.5 Å². The number of aryl methyl sites for hydroxylation is 1. The highest BCUT2D eigenvalue weighted by Crippen LogP contribution is 2.23. The number of hydrogen-bond acceptors (Lipinski definition) is 3. The summed E-state index contributed by atoms with van der Waals surface area (Å²) in [4.78, 5) is 15.5. The van der Waals surface area contributed by atoms with Crippen molar-refractivity contribution in [3.05, 3.63) is 35.4 Å². The summed E-state index contributed by atoms with van der Waals surface area (Å²) in [5.74, 6) is 0.137. The molecule has 1 atom stereocenters. The van der Waals surface area contributed by atoms with Crippen molar-refractivity contribution in [3.63, 3.8) is 0 Å². The third-order valence-corrected chi connectivity index (χ3v) is 2.71. The van der Waals surface area contributed by atoms with Crippen LogP contribution in [0.15, 0.2) is 29.3 Å². The molecule has 0 radical (unpaired) electrons. The van der Waals surface area contributed by atoms with Crippen LogP contribution < -0.4 is 11.1 Å². The van der Waals surface area contributed by atoms with E-state index in [-0.39, 0.29) is 17.9 Å². The number of nitrogens with one attached hydrogen (secondary N) is 1. The molecule has 0 bridgehead atoms. The third kappa shape index (κ3) is 2.21. The highest BCUT2D eigenvalue weighted by molar-refractivity contribution is 5.98. The fraction of sp³-hybridized carbons (Fsp3) is 0.333. The lowest BCUT2D eigenvalue weighted by Crippen LogP contribution is -2.41. The molecular weight excluding hydrogens is 202 g/mol. The number of carbonyl (C=O) groups is 1. The zero-order valence-electron chi connectivity index (χ0n) is 9.23. The number of carbonyl (C=O) groups excluding carboxylic acids is 1. The van der Waals surface area contributed by atoms with Crippen LogP contribution in [0.3, 0.4) is 0 Å². The highest BCUT2D eigenvalue weighted by Gasteiger charge is 2.20. The Bertz CT molecular complexity index is 422. The van der Waals surface area contributed by atoms with Crippen LogP contribution in [0.4, 0.5) is 0 Å². The zero-order chi connectivity index (χ0) is 11.5. The molecule has 1 unspecified atom stereocenters. The summed E-state index contributed by atoms with van der Waals surface area (Å²) in [5.41, 5.74) is 7.84. The molecule has 0 aliphatic carbocycles. The molecule has 16 heavy (non-hydrogen) atoms. The number of benzene rings is 1. The molecule has 0 fully saturated rings. The minimum Gasteiger partial charge on any atom is -0.370 e. The number of amides is 1. The van der Waals surface area contributed by atoms with Crippen LogP contribution in [-0.2, 0) is 11.2 Å². The van der Waals surface area contributed by atoms with Crippen LogP contribution in [0.5, 0.6) is 0 Å². The van der Waals surface area contributed by atoms with E-state index in [0.717, 1.165) is 12.0 Å². The Kier molecular flexibility index (Phi) is 2.90. The number of nitrogens with two attached hydrogens (primary N) is 1. The third-order valence-electron chi connectivity index (χ3n) is 2.71. The van der Waals surface area contributed by atoms with Crippen LogP contribution in [0.25, 0.3) is 0 Å². The molecule has 0 aromatic heterocycles. The van der Waals surface area contributed by atoms with E-state index in [4.69, 9.17) is 5.73 Å². The van der Waals surface area contributed by atoms with Crippen molar-refractivity contribution < 1.29 is 4.79 Å². The first kappa shape index (κ1) is 10.7. The molecule has 1 aromatic carbocycles. The quantitative estimate of drug-likeness (QED) is 0.779. The summed E-state index contributed by atoms with van der Waals surface area (Å²) in [6, 6.07) is 8.01. The predicted octanol–water partition coefficient (Wildman–Crippen LogP) is 1.12. The topological polar surface area (TPSA) is 67.5 Å². The Morgan fingerprint density at radius 2 is 2.12 bits per heavy atom. The molecule has 1 aromatic rings. The smallest absolute Gasteiger partial charge is 0.229 e. The van der Waals surface area contributed by atoms with Crippen molar-refractivity contribution in [1.82, 2.24) is 5.32 Å².